The number of carbonyl (C=O) groups excluding carboxylic acids is 2. The summed E-state index contributed by atoms with van der Waals surface area (Å²) < 4.78 is 1.21. The van der Waals surface area contributed by atoms with Gasteiger partial charge in [0.25, 0.3) is 0 Å². The molecule has 0 fully saturated rings. The number of hydrazone groups is 2. The molecule has 2 N–H and O–H groups in total. The fraction of sp³-hybridized carbons (Fsp3) is 0. The van der Waals surface area contributed by atoms with E-state index < -0.39 is 11.8 Å². The Kier molecular flexibility index (Phi) is 6.08. The lowest BCUT2D eigenvalue weighted by molar-refractivity contribution is -0.139. The summed E-state index contributed by atoms with van der Waals surface area (Å²) in [6.07, 6.45) is 2.78. The number of hydrogen-bond acceptors (Lipinski definition) is 6. The van der Waals surface area contributed by atoms with Gasteiger partial charge in [0.15, 0.2) is 0 Å². The monoisotopic (exact) mass is 374 g/mol. The molecular weight excluding hydrogens is 367 g/mol. The lowest BCUT2D eigenvalue weighted by Crippen LogP contribution is -2.35. The van der Waals surface area contributed by atoms with E-state index in [4.69, 9.17) is 23.2 Å². The molecule has 0 spiro atoms. The number of nitrogens with one attached hydrogen (secondary N) is 2. The van der Waals surface area contributed by atoms with Gasteiger partial charge in [0.2, 0.25) is 0 Å². The van der Waals surface area contributed by atoms with Crippen molar-refractivity contribution in [2.75, 3.05) is 0 Å². The largest absolute Gasteiger partial charge is 0.331 e. The van der Waals surface area contributed by atoms with Gasteiger partial charge < -0.3 is 0 Å². The van der Waals surface area contributed by atoms with E-state index in [1.807, 2.05) is 0 Å². The van der Waals surface area contributed by atoms with Gasteiger partial charge in [-0.1, -0.05) is 23.2 Å². The van der Waals surface area contributed by atoms with Gasteiger partial charge in [0.05, 0.1) is 21.1 Å². The quantitative estimate of drug-likeness (QED) is 0.489. The third-order valence-corrected chi connectivity index (χ3v) is 4.44. The first-order valence-electron chi connectivity index (χ1n) is 5.72. The highest BCUT2D eigenvalue weighted by molar-refractivity contribution is 7.18. The van der Waals surface area contributed by atoms with Crippen LogP contribution in [0.15, 0.2) is 34.5 Å². The molecule has 6 nitrogen and oxygen atoms in total. The zero-order valence-electron chi connectivity index (χ0n) is 10.7. The van der Waals surface area contributed by atoms with Crippen molar-refractivity contribution < 1.29 is 9.59 Å². The van der Waals surface area contributed by atoms with E-state index in [1.165, 1.54) is 35.1 Å². The third-order valence-electron chi connectivity index (χ3n) is 2.11. The number of rotatable bonds is 4. The Morgan fingerprint density at radius 3 is 1.59 bits per heavy atom. The normalized spacial score (nSPS) is 11.2. The first-order valence-corrected chi connectivity index (χ1v) is 8.10. The lowest BCUT2D eigenvalue weighted by Gasteiger charge is -1.97. The van der Waals surface area contributed by atoms with Gasteiger partial charge >= 0.3 is 11.8 Å². The fourth-order valence-corrected chi connectivity index (χ4v) is 3.07. The van der Waals surface area contributed by atoms with E-state index in [-0.39, 0.29) is 0 Å². The maximum Gasteiger partial charge on any atom is 0.331 e. The molecule has 0 aliphatic rings. The van der Waals surface area contributed by atoms with Crippen LogP contribution in [0, 0.1) is 0 Å². The first kappa shape index (κ1) is 16.6. The zero-order chi connectivity index (χ0) is 15.9. The summed E-state index contributed by atoms with van der Waals surface area (Å²) in [5.41, 5.74) is 4.17. The molecule has 0 bridgehead atoms. The van der Waals surface area contributed by atoms with E-state index in [1.54, 1.807) is 24.3 Å². The van der Waals surface area contributed by atoms with Crippen LogP contribution in [0.2, 0.25) is 8.67 Å². The van der Waals surface area contributed by atoms with Crippen LogP contribution in [0.5, 0.6) is 0 Å². The molecule has 2 amide bonds. The van der Waals surface area contributed by atoms with Crippen LogP contribution in [0.1, 0.15) is 9.75 Å². The molecule has 0 aromatic carbocycles. The minimum absolute atomic E-state index is 0.605. The Labute approximate surface area is 143 Å². The van der Waals surface area contributed by atoms with E-state index in [2.05, 4.69) is 21.1 Å². The summed E-state index contributed by atoms with van der Waals surface area (Å²) in [4.78, 5) is 24.4. The van der Waals surface area contributed by atoms with Gasteiger partial charge in [-0.3, -0.25) is 9.59 Å². The number of carbonyl (C=O) groups is 2. The third kappa shape index (κ3) is 5.23. The molecule has 22 heavy (non-hydrogen) atoms. The topological polar surface area (TPSA) is 82.9 Å². The van der Waals surface area contributed by atoms with Crippen molar-refractivity contribution >= 4 is 70.1 Å². The molecule has 10 heteroatoms. The molecule has 114 valence electrons. The smallest absolute Gasteiger partial charge is 0.262 e. The standard InChI is InChI=1S/C12H8Cl2N4O2S2/c13-9-3-1-7(21-9)5-15-17-11(19)12(20)18-16-6-8-2-4-10(14)22-8/h1-6H,(H,17,19)(H,18,20). The van der Waals surface area contributed by atoms with Crippen molar-refractivity contribution in [2.45, 2.75) is 0 Å². The maximum atomic E-state index is 11.4. The Morgan fingerprint density at radius 1 is 0.864 bits per heavy atom. The number of thiophene rings is 2. The summed E-state index contributed by atoms with van der Waals surface area (Å²) in [6.45, 7) is 0. The summed E-state index contributed by atoms with van der Waals surface area (Å²) in [6, 6.07) is 6.87. The molecule has 2 heterocycles. The van der Waals surface area contributed by atoms with Gasteiger partial charge in [-0.25, -0.2) is 10.9 Å². The Hall–Kier alpha value is -1.74. The molecule has 0 aliphatic heterocycles. The molecule has 2 aromatic heterocycles. The summed E-state index contributed by atoms with van der Waals surface area (Å²) in [7, 11) is 0. The maximum absolute atomic E-state index is 11.4. The van der Waals surface area contributed by atoms with Crippen LogP contribution in [0.4, 0.5) is 0 Å². The molecule has 2 rings (SSSR count). The minimum Gasteiger partial charge on any atom is -0.262 e. The highest BCUT2D eigenvalue weighted by Gasteiger charge is 2.11. The Bertz CT molecular complexity index is 677. The first-order chi connectivity index (χ1) is 10.5. The van der Waals surface area contributed by atoms with Crippen molar-refractivity contribution in [3.05, 3.63) is 42.7 Å². The number of hydrogen-bond donors (Lipinski definition) is 2. The molecule has 0 saturated carbocycles. The SMILES string of the molecule is O=C(NN=Cc1ccc(Cl)s1)C(=O)NN=Cc1ccc(Cl)s1. The van der Waals surface area contributed by atoms with Gasteiger partial charge in [0.1, 0.15) is 0 Å². The molecule has 0 atom stereocenters. The van der Waals surface area contributed by atoms with E-state index in [0.29, 0.717) is 8.67 Å². The van der Waals surface area contributed by atoms with Crippen molar-refractivity contribution in [2.24, 2.45) is 10.2 Å². The fourth-order valence-electron chi connectivity index (χ4n) is 1.21. The second-order valence-electron chi connectivity index (χ2n) is 3.68. The second-order valence-corrected chi connectivity index (χ2v) is 7.18. The average molecular weight is 375 g/mol. The predicted molar refractivity (Wildman–Crippen MR) is 90.1 cm³/mol. The number of nitrogens with zero attached hydrogens (tertiary/aromatic N) is 2. The van der Waals surface area contributed by atoms with Gasteiger partial charge in [-0.15, -0.1) is 22.7 Å². The van der Waals surface area contributed by atoms with Crippen molar-refractivity contribution in [3.8, 4) is 0 Å². The van der Waals surface area contributed by atoms with Crippen molar-refractivity contribution in [3.63, 3.8) is 0 Å². The molecular formula is C12H8Cl2N4O2S2. The second kappa shape index (κ2) is 8.04. The average Bonchev–Trinajstić information content (AvgIpc) is 3.07. The van der Waals surface area contributed by atoms with Gasteiger partial charge in [-0.05, 0) is 24.3 Å². The van der Waals surface area contributed by atoms with Gasteiger partial charge in [-0.2, -0.15) is 10.2 Å². The van der Waals surface area contributed by atoms with Crippen LogP contribution in [0.25, 0.3) is 0 Å². The molecule has 0 aliphatic carbocycles. The molecule has 0 radical (unpaired) electrons. The lowest BCUT2D eigenvalue weighted by atomic mass is 10.5. The molecule has 0 saturated heterocycles. The minimum atomic E-state index is -0.930. The van der Waals surface area contributed by atoms with E-state index >= 15 is 0 Å². The van der Waals surface area contributed by atoms with Crippen molar-refractivity contribution in [1.29, 1.82) is 0 Å². The summed E-state index contributed by atoms with van der Waals surface area (Å²) >= 11 is 14.1. The van der Waals surface area contributed by atoms with Crippen LogP contribution >= 0.6 is 45.9 Å². The Balaban J connectivity index is 1.78. The summed E-state index contributed by atoms with van der Waals surface area (Å²) in [5, 5.41) is 7.29. The van der Waals surface area contributed by atoms with E-state index in [0.717, 1.165) is 9.75 Å². The number of amides is 2. The Morgan fingerprint density at radius 2 is 1.27 bits per heavy atom. The summed E-state index contributed by atoms with van der Waals surface area (Å²) in [5.74, 6) is -1.86. The van der Waals surface area contributed by atoms with Crippen LogP contribution in [0.3, 0.4) is 0 Å². The van der Waals surface area contributed by atoms with Crippen LogP contribution < -0.4 is 10.9 Å². The zero-order valence-corrected chi connectivity index (χ0v) is 13.9. The van der Waals surface area contributed by atoms with Gasteiger partial charge in [0, 0.05) is 9.75 Å². The molecule has 0 unspecified atom stereocenters. The predicted octanol–water partition coefficient (Wildman–Crippen LogP) is 2.72. The van der Waals surface area contributed by atoms with Crippen molar-refractivity contribution in [1.82, 2.24) is 10.9 Å². The van der Waals surface area contributed by atoms with Crippen LogP contribution in [-0.4, -0.2) is 24.2 Å². The highest BCUT2D eigenvalue weighted by atomic mass is 35.5. The molecule has 2 aromatic rings. The van der Waals surface area contributed by atoms with E-state index in [9.17, 15) is 9.59 Å². The number of halogens is 2. The van der Waals surface area contributed by atoms with Crippen LogP contribution in [-0.2, 0) is 9.59 Å². The highest BCUT2D eigenvalue weighted by Crippen LogP contribution is 2.20.